The Balaban J connectivity index is 2.03. The van der Waals surface area contributed by atoms with E-state index < -0.39 is 0 Å². The fourth-order valence-corrected chi connectivity index (χ4v) is 3.14. The normalized spacial score (nSPS) is 13.1. The molecule has 0 amide bonds. The van der Waals surface area contributed by atoms with Crippen LogP contribution in [0.15, 0.2) is 17.5 Å². The largest absolute Gasteiger partial charge is 0.330 e. The minimum absolute atomic E-state index is 0.668. The van der Waals surface area contributed by atoms with Crippen molar-refractivity contribution in [3.05, 3.63) is 23.3 Å². The Bertz CT molecular complexity index is 516. The predicted octanol–water partition coefficient (Wildman–Crippen LogP) is 3.10. The van der Waals surface area contributed by atoms with Crippen LogP contribution in [0.2, 0.25) is 0 Å². The van der Waals surface area contributed by atoms with E-state index >= 15 is 0 Å². The van der Waals surface area contributed by atoms with Crippen molar-refractivity contribution in [2.45, 2.75) is 33.1 Å². The zero-order chi connectivity index (χ0) is 14.5. The van der Waals surface area contributed by atoms with Gasteiger partial charge in [0.05, 0.1) is 4.88 Å². The van der Waals surface area contributed by atoms with E-state index in [9.17, 15) is 0 Å². The number of hydrogen-bond acceptors (Lipinski definition) is 4. The van der Waals surface area contributed by atoms with Crippen LogP contribution in [-0.2, 0) is 13.5 Å². The summed E-state index contributed by atoms with van der Waals surface area (Å²) in [5, 5.41) is 6.57. The quantitative estimate of drug-likeness (QED) is 0.853. The van der Waals surface area contributed by atoms with Gasteiger partial charge in [-0.15, -0.1) is 11.3 Å². The molecule has 1 unspecified atom stereocenters. The molecule has 0 radical (unpaired) electrons. The van der Waals surface area contributed by atoms with Crippen molar-refractivity contribution in [2.24, 2.45) is 24.6 Å². The maximum absolute atomic E-state index is 5.70. The summed E-state index contributed by atoms with van der Waals surface area (Å²) < 4.78 is 1.91. The van der Waals surface area contributed by atoms with Crippen LogP contribution in [0.5, 0.6) is 0 Å². The first-order chi connectivity index (χ1) is 9.61. The SMILES string of the molecule is CC(C)C(CCN)CCc1nc(-c2cccs2)nn1C. The van der Waals surface area contributed by atoms with Crippen molar-refractivity contribution in [1.82, 2.24) is 14.8 Å². The van der Waals surface area contributed by atoms with Gasteiger partial charge >= 0.3 is 0 Å². The molecular weight excluding hydrogens is 268 g/mol. The van der Waals surface area contributed by atoms with Gasteiger partial charge in [-0.2, -0.15) is 5.10 Å². The summed E-state index contributed by atoms with van der Waals surface area (Å²) in [4.78, 5) is 5.81. The van der Waals surface area contributed by atoms with Gasteiger partial charge < -0.3 is 5.73 Å². The van der Waals surface area contributed by atoms with Gasteiger partial charge in [0.15, 0.2) is 5.82 Å². The third kappa shape index (κ3) is 3.67. The zero-order valence-corrected chi connectivity index (χ0v) is 13.4. The lowest BCUT2D eigenvalue weighted by atomic mass is 9.88. The first kappa shape index (κ1) is 15.2. The number of aromatic nitrogens is 3. The van der Waals surface area contributed by atoms with Crippen molar-refractivity contribution in [2.75, 3.05) is 6.54 Å². The van der Waals surface area contributed by atoms with Gasteiger partial charge in [0.1, 0.15) is 5.82 Å². The van der Waals surface area contributed by atoms with Gasteiger partial charge in [0.25, 0.3) is 0 Å². The molecule has 5 heteroatoms. The van der Waals surface area contributed by atoms with Crippen molar-refractivity contribution >= 4 is 11.3 Å². The molecule has 2 aromatic heterocycles. The van der Waals surface area contributed by atoms with E-state index in [1.165, 1.54) is 0 Å². The Labute approximate surface area is 125 Å². The zero-order valence-electron chi connectivity index (χ0n) is 12.5. The highest BCUT2D eigenvalue weighted by Crippen LogP contribution is 2.23. The topological polar surface area (TPSA) is 56.7 Å². The molecule has 4 nitrogen and oxygen atoms in total. The third-order valence-corrected chi connectivity index (χ3v) is 4.68. The lowest BCUT2D eigenvalue weighted by Crippen LogP contribution is -2.16. The molecule has 1 atom stereocenters. The maximum Gasteiger partial charge on any atom is 0.191 e. The average molecular weight is 292 g/mol. The summed E-state index contributed by atoms with van der Waals surface area (Å²) in [7, 11) is 1.98. The standard InChI is InChI=1S/C15H24N4S/c1-11(2)12(8-9-16)6-7-14-17-15(18-19(14)3)13-5-4-10-20-13/h4-5,10-12H,6-9,16H2,1-3H3. The molecule has 0 fully saturated rings. The van der Waals surface area contributed by atoms with Gasteiger partial charge in [-0.05, 0) is 42.7 Å². The van der Waals surface area contributed by atoms with Crippen LogP contribution in [0.25, 0.3) is 10.7 Å². The Morgan fingerprint density at radius 1 is 1.35 bits per heavy atom. The van der Waals surface area contributed by atoms with Gasteiger partial charge in [-0.1, -0.05) is 19.9 Å². The lowest BCUT2D eigenvalue weighted by Gasteiger charge is -2.19. The number of nitrogens with zero attached hydrogens (tertiary/aromatic N) is 3. The van der Waals surface area contributed by atoms with E-state index in [1.54, 1.807) is 11.3 Å². The van der Waals surface area contributed by atoms with E-state index in [1.807, 2.05) is 17.8 Å². The summed E-state index contributed by atoms with van der Waals surface area (Å²) in [5.74, 6) is 3.25. The summed E-state index contributed by atoms with van der Waals surface area (Å²) in [6, 6.07) is 4.10. The monoisotopic (exact) mass is 292 g/mol. The Morgan fingerprint density at radius 3 is 2.75 bits per heavy atom. The van der Waals surface area contributed by atoms with Crippen LogP contribution in [0.3, 0.4) is 0 Å². The fraction of sp³-hybridized carbons (Fsp3) is 0.600. The van der Waals surface area contributed by atoms with Gasteiger partial charge in [-0.25, -0.2) is 4.98 Å². The molecule has 0 spiro atoms. The second-order valence-electron chi connectivity index (χ2n) is 5.57. The fourth-order valence-electron chi connectivity index (χ4n) is 2.48. The molecule has 2 rings (SSSR count). The second kappa shape index (κ2) is 6.99. The first-order valence-corrected chi connectivity index (χ1v) is 8.13. The van der Waals surface area contributed by atoms with Crippen LogP contribution in [0.1, 0.15) is 32.5 Å². The molecule has 110 valence electrons. The smallest absolute Gasteiger partial charge is 0.191 e. The minimum atomic E-state index is 0.668. The summed E-state index contributed by atoms with van der Waals surface area (Å²) in [5.41, 5.74) is 5.70. The number of nitrogens with two attached hydrogens (primary N) is 1. The van der Waals surface area contributed by atoms with E-state index in [2.05, 4.69) is 35.4 Å². The van der Waals surface area contributed by atoms with Crippen molar-refractivity contribution in [1.29, 1.82) is 0 Å². The number of aryl methyl sites for hydroxylation is 2. The van der Waals surface area contributed by atoms with Crippen molar-refractivity contribution in [3.63, 3.8) is 0 Å². The third-order valence-electron chi connectivity index (χ3n) is 3.81. The van der Waals surface area contributed by atoms with E-state index in [0.29, 0.717) is 11.8 Å². The number of hydrogen-bond donors (Lipinski definition) is 1. The molecule has 2 heterocycles. The van der Waals surface area contributed by atoms with Crippen LogP contribution in [0, 0.1) is 11.8 Å². The van der Waals surface area contributed by atoms with Crippen LogP contribution >= 0.6 is 11.3 Å². The molecule has 0 aliphatic heterocycles. The lowest BCUT2D eigenvalue weighted by molar-refractivity contribution is 0.337. The van der Waals surface area contributed by atoms with Crippen LogP contribution in [-0.4, -0.2) is 21.3 Å². The minimum Gasteiger partial charge on any atom is -0.330 e. The van der Waals surface area contributed by atoms with Gasteiger partial charge in [-0.3, -0.25) is 4.68 Å². The molecule has 20 heavy (non-hydrogen) atoms. The Morgan fingerprint density at radius 2 is 2.15 bits per heavy atom. The van der Waals surface area contributed by atoms with Gasteiger partial charge in [0, 0.05) is 13.5 Å². The van der Waals surface area contributed by atoms with Crippen molar-refractivity contribution < 1.29 is 0 Å². The van der Waals surface area contributed by atoms with E-state index in [4.69, 9.17) is 5.73 Å². The van der Waals surface area contributed by atoms with Crippen LogP contribution < -0.4 is 5.73 Å². The molecular formula is C15H24N4S. The highest BCUT2D eigenvalue weighted by atomic mass is 32.1. The Kier molecular flexibility index (Phi) is 5.31. The van der Waals surface area contributed by atoms with E-state index in [0.717, 1.165) is 42.3 Å². The molecule has 0 aromatic carbocycles. The molecule has 0 saturated heterocycles. The summed E-state index contributed by atoms with van der Waals surface area (Å²) in [6.45, 7) is 5.31. The van der Waals surface area contributed by atoms with Crippen molar-refractivity contribution in [3.8, 4) is 10.7 Å². The number of rotatable bonds is 7. The molecule has 2 N–H and O–H groups in total. The molecule has 0 saturated carbocycles. The first-order valence-electron chi connectivity index (χ1n) is 7.25. The number of thiophene rings is 1. The average Bonchev–Trinajstić information content (AvgIpc) is 3.03. The predicted molar refractivity (Wildman–Crippen MR) is 84.6 cm³/mol. The molecule has 0 aliphatic carbocycles. The highest BCUT2D eigenvalue weighted by molar-refractivity contribution is 7.13. The van der Waals surface area contributed by atoms with Crippen LogP contribution in [0.4, 0.5) is 0 Å². The Hall–Kier alpha value is -1.20. The molecule has 0 aliphatic rings. The van der Waals surface area contributed by atoms with Gasteiger partial charge in [0.2, 0.25) is 0 Å². The maximum atomic E-state index is 5.70. The second-order valence-corrected chi connectivity index (χ2v) is 6.52. The van der Waals surface area contributed by atoms with E-state index in [-0.39, 0.29) is 0 Å². The highest BCUT2D eigenvalue weighted by Gasteiger charge is 2.15. The summed E-state index contributed by atoms with van der Waals surface area (Å²) in [6.07, 6.45) is 3.19. The molecule has 0 bridgehead atoms. The summed E-state index contributed by atoms with van der Waals surface area (Å²) >= 11 is 1.68. The molecule has 2 aromatic rings.